The number of nitrogens with two attached hydrogens (primary N) is 1. The van der Waals surface area contributed by atoms with E-state index in [2.05, 4.69) is 101 Å². The van der Waals surface area contributed by atoms with Crippen LogP contribution in [0.25, 0.3) is 0 Å². The third-order valence-electron chi connectivity index (χ3n) is 15.1. The van der Waals surface area contributed by atoms with Gasteiger partial charge in [0, 0.05) is 6.42 Å². The summed E-state index contributed by atoms with van der Waals surface area (Å²) >= 11 is 1.62. The first-order valence-electron chi connectivity index (χ1n) is 21.6. The lowest BCUT2D eigenvalue weighted by atomic mass is 9.47. The number of ether oxygens (including phenoxy) is 2. The van der Waals surface area contributed by atoms with E-state index in [0.717, 1.165) is 77.2 Å². The molecule has 0 spiro atoms. The lowest BCUT2D eigenvalue weighted by molar-refractivity contribution is -0.151. The third kappa shape index (κ3) is 7.96. The van der Waals surface area contributed by atoms with E-state index >= 15 is 0 Å². The molecule has 2 unspecified atom stereocenters. The Morgan fingerprint density at radius 1 is 0.836 bits per heavy atom. The van der Waals surface area contributed by atoms with Gasteiger partial charge < -0.3 is 15.2 Å². The van der Waals surface area contributed by atoms with Crippen molar-refractivity contribution >= 4 is 17.7 Å². The van der Waals surface area contributed by atoms with Crippen molar-refractivity contribution in [1.29, 1.82) is 0 Å². The number of methoxy groups -OCH3 is 1. The fourth-order valence-corrected chi connectivity index (χ4v) is 13.8. The second-order valence-electron chi connectivity index (χ2n) is 18.6. The average molecular weight is 762 g/mol. The Labute approximate surface area is 336 Å². The van der Waals surface area contributed by atoms with Gasteiger partial charge >= 0.3 is 5.97 Å². The molecule has 3 fully saturated rings. The maximum Gasteiger partial charge on any atom is 0.308 e. The first kappa shape index (κ1) is 40.2. The van der Waals surface area contributed by atoms with Gasteiger partial charge in [-0.15, -0.1) is 11.8 Å². The van der Waals surface area contributed by atoms with Crippen molar-refractivity contribution in [1.82, 2.24) is 0 Å². The van der Waals surface area contributed by atoms with Gasteiger partial charge in [0.05, 0.1) is 23.7 Å². The Bertz CT molecular complexity index is 1720. The molecule has 55 heavy (non-hydrogen) atoms. The number of carbonyl (C=O) groups is 1. The van der Waals surface area contributed by atoms with E-state index in [1.54, 1.807) is 24.4 Å². The first-order chi connectivity index (χ1) is 26.5. The molecule has 4 aliphatic rings. The number of carbonyl (C=O) groups excluding carboxylic acids is 1. The molecule has 3 aromatic rings. The smallest absolute Gasteiger partial charge is 0.308 e. The number of rotatable bonds is 14. The molecule has 5 heteroatoms. The van der Waals surface area contributed by atoms with Crippen LogP contribution in [0.15, 0.2) is 96.6 Å². The second-order valence-corrected chi connectivity index (χ2v) is 20.1. The van der Waals surface area contributed by atoms with E-state index in [1.807, 2.05) is 24.3 Å². The number of hydrogen-bond acceptors (Lipinski definition) is 5. The van der Waals surface area contributed by atoms with Gasteiger partial charge in [0.25, 0.3) is 0 Å². The van der Waals surface area contributed by atoms with E-state index in [9.17, 15) is 4.79 Å². The fourth-order valence-electron chi connectivity index (χ4n) is 12.3. The molecule has 0 saturated heterocycles. The zero-order chi connectivity index (χ0) is 38.8. The number of thioether (sulfide) groups is 1. The van der Waals surface area contributed by atoms with Crippen molar-refractivity contribution in [2.24, 2.45) is 52.1 Å². The van der Waals surface area contributed by atoms with Crippen LogP contribution in [0.3, 0.4) is 0 Å². The third-order valence-corrected chi connectivity index (χ3v) is 16.6. The number of hydrogen-bond donors (Lipinski definition) is 1. The summed E-state index contributed by atoms with van der Waals surface area (Å²) in [7, 11) is 1.69. The lowest BCUT2D eigenvalue weighted by Crippen LogP contribution is -2.51. The van der Waals surface area contributed by atoms with E-state index in [1.165, 1.54) is 51.4 Å². The van der Waals surface area contributed by atoms with Crippen LogP contribution >= 0.6 is 11.8 Å². The summed E-state index contributed by atoms with van der Waals surface area (Å²) < 4.78 is 11.2. The molecular formula is C50H67NO3S. The van der Waals surface area contributed by atoms with Crippen LogP contribution in [-0.4, -0.2) is 24.6 Å². The molecule has 0 amide bonds. The van der Waals surface area contributed by atoms with Crippen molar-refractivity contribution in [2.45, 2.75) is 128 Å². The molecular weight excluding hydrogens is 695 g/mol. The minimum Gasteiger partial charge on any atom is -0.497 e. The highest BCUT2D eigenvalue weighted by atomic mass is 32.2. The summed E-state index contributed by atoms with van der Waals surface area (Å²) in [4.78, 5) is 13.8. The molecule has 4 nitrogen and oxygen atoms in total. The van der Waals surface area contributed by atoms with E-state index in [-0.39, 0.29) is 23.9 Å². The molecule has 3 aromatic carbocycles. The SMILES string of the molecule is COc1ccc(C(SC(N)CC(=O)OC2CC[C@@]3(C)C(=CC[C@H]4[C@@H]5CC[C@H]([C@H](C)CCCC(C)C)[C@@]5(C)CC[C@@H]43)C2)(c2ccccc2)c2ccccc2)cc1. The quantitative estimate of drug-likeness (QED) is 0.0767. The van der Waals surface area contributed by atoms with Gasteiger partial charge in [-0.25, -0.2) is 0 Å². The van der Waals surface area contributed by atoms with Gasteiger partial charge in [0.15, 0.2) is 0 Å². The van der Waals surface area contributed by atoms with E-state index in [4.69, 9.17) is 15.2 Å². The molecule has 9 atom stereocenters. The van der Waals surface area contributed by atoms with Gasteiger partial charge in [-0.05, 0) is 120 Å². The molecule has 0 radical (unpaired) electrons. The largest absolute Gasteiger partial charge is 0.497 e. The first-order valence-corrected chi connectivity index (χ1v) is 22.4. The Morgan fingerprint density at radius 2 is 1.49 bits per heavy atom. The van der Waals surface area contributed by atoms with Crippen LogP contribution in [0.5, 0.6) is 5.75 Å². The standard InChI is InChI=1S/C50H67NO3S/c1-34(2)14-13-15-35(3)43-26-27-44-42-25-22-39-32-41(28-30-48(39,4)45(42)29-31-49(43,44)5)54-47(52)33-46(51)55-50(36-16-9-7-10-17-36,37-18-11-8-12-19-37)38-20-23-40(53-6)24-21-38/h7-12,16-24,34-35,41-46H,13-15,25-33,51H2,1-6H3/t35-,41?,42+,43-,44+,45+,46?,48+,49-/m1/s1. The average Bonchev–Trinajstić information content (AvgIpc) is 3.55. The maximum atomic E-state index is 13.8. The predicted molar refractivity (Wildman–Crippen MR) is 229 cm³/mol. The second kappa shape index (κ2) is 16.8. The zero-order valence-corrected chi connectivity index (χ0v) is 35.3. The van der Waals surface area contributed by atoms with Gasteiger partial charge in [-0.2, -0.15) is 0 Å². The molecule has 296 valence electrons. The molecule has 0 bridgehead atoms. The number of allylic oxidation sites excluding steroid dienone is 1. The number of fused-ring (bicyclic) bond motifs is 5. The molecule has 0 aliphatic heterocycles. The van der Waals surface area contributed by atoms with Crippen molar-refractivity contribution in [3.05, 3.63) is 113 Å². The molecule has 2 N–H and O–H groups in total. The van der Waals surface area contributed by atoms with Crippen LogP contribution in [0.2, 0.25) is 0 Å². The van der Waals surface area contributed by atoms with Crippen LogP contribution in [0.4, 0.5) is 0 Å². The molecule has 0 heterocycles. The van der Waals surface area contributed by atoms with Crippen LogP contribution < -0.4 is 10.5 Å². The minimum atomic E-state index is -0.633. The van der Waals surface area contributed by atoms with Gasteiger partial charge in [-0.1, -0.05) is 138 Å². The molecule has 0 aromatic heterocycles. The normalized spacial score (nSPS) is 30.0. The summed E-state index contributed by atoms with van der Waals surface area (Å²) in [6, 6.07) is 29.2. The van der Waals surface area contributed by atoms with Crippen molar-refractivity contribution in [2.75, 3.05) is 7.11 Å². The Hall–Kier alpha value is -3.02. The predicted octanol–water partition coefficient (Wildman–Crippen LogP) is 12.3. The summed E-state index contributed by atoms with van der Waals surface area (Å²) in [5.41, 5.74) is 12.6. The Balaban J connectivity index is 1.02. The fraction of sp³-hybridized carbons (Fsp3) is 0.580. The van der Waals surface area contributed by atoms with Crippen LogP contribution in [-0.2, 0) is 14.3 Å². The Kier molecular flexibility index (Phi) is 12.3. The summed E-state index contributed by atoms with van der Waals surface area (Å²) in [5.74, 6) is 5.54. The zero-order valence-electron chi connectivity index (χ0n) is 34.5. The topological polar surface area (TPSA) is 61.5 Å². The van der Waals surface area contributed by atoms with Crippen molar-refractivity contribution in [3.63, 3.8) is 0 Å². The van der Waals surface area contributed by atoms with E-state index < -0.39 is 10.1 Å². The summed E-state index contributed by atoms with van der Waals surface area (Å²) in [5, 5.41) is -0.483. The monoisotopic (exact) mass is 761 g/mol. The highest BCUT2D eigenvalue weighted by molar-refractivity contribution is 8.01. The highest BCUT2D eigenvalue weighted by Gasteiger charge is 2.59. The molecule has 3 saturated carbocycles. The number of esters is 1. The van der Waals surface area contributed by atoms with Crippen molar-refractivity contribution < 1.29 is 14.3 Å². The Morgan fingerprint density at radius 3 is 2.13 bits per heavy atom. The van der Waals surface area contributed by atoms with Crippen LogP contribution in [0, 0.1) is 46.3 Å². The van der Waals surface area contributed by atoms with Crippen LogP contribution in [0.1, 0.15) is 128 Å². The van der Waals surface area contributed by atoms with E-state index in [0.29, 0.717) is 5.41 Å². The molecule has 7 rings (SSSR count). The summed E-state index contributed by atoms with van der Waals surface area (Å²) in [6.07, 6.45) is 16.5. The molecule has 4 aliphatic carbocycles. The van der Waals surface area contributed by atoms with Gasteiger partial charge in [-0.3, -0.25) is 4.79 Å². The van der Waals surface area contributed by atoms with Crippen molar-refractivity contribution in [3.8, 4) is 5.75 Å². The van der Waals surface area contributed by atoms with Gasteiger partial charge in [0.2, 0.25) is 0 Å². The van der Waals surface area contributed by atoms with Gasteiger partial charge in [0.1, 0.15) is 11.9 Å². The number of benzene rings is 3. The summed E-state index contributed by atoms with van der Waals surface area (Å²) in [6.45, 7) is 12.6. The maximum absolute atomic E-state index is 13.8. The lowest BCUT2D eigenvalue weighted by Gasteiger charge is -2.58. The minimum absolute atomic E-state index is 0.0772. The highest BCUT2D eigenvalue weighted by Crippen LogP contribution is 2.67.